The first-order chi connectivity index (χ1) is 7.72. The first kappa shape index (κ1) is 17.2. The van der Waals surface area contributed by atoms with Crippen LogP contribution in [0.4, 0.5) is 0 Å². The molecule has 0 amide bonds. The zero-order valence-electron chi connectivity index (χ0n) is 11.3. The molecule has 0 aliphatic carbocycles. The molecule has 0 bridgehead atoms. The van der Waals surface area contributed by atoms with Crippen LogP contribution in [0.25, 0.3) is 0 Å². The first-order valence-corrected chi connectivity index (χ1v) is 8.70. The van der Waals surface area contributed by atoms with E-state index in [4.69, 9.17) is 15.4 Å². The normalized spacial score (nSPS) is 14.5. The summed E-state index contributed by atoms with van der Waals surface area (Å²) in [5, 5.41) is 0. The molecule has 17 heavy (non-hydrogen) atoms. The second-order valence-corrected chi connectivity index (χ2v) is 8.14. The van der Waals surface area contributed by atoms with Crippen LogP contribution in [0.15, 0.2) is 0 Å². The van der Waals surface area contributed by atoms with Gasteiger partial charge in [-0.25, -0.2) is 8.42 Å². The van der Waals surface area contributed by atoms with E-state index in [0.29, 0.717) is 19.1 Å². The first-order valence-electron chi connectivity index (χ1n) is 6.22. The summed E-state index contributed by atoms with van der Waals surface area (Å²) in [6.45, 7) is 9.51. The SMILES string of the molecule is CC(C)CCCOCC(CS(=O)(=O)Cl)C(C)C. The van der Waals surface area contributed by atoms with Crippen LogP contribution in [0.3, 0.4) is 0 Å². The highest BCUT2D eigenvalue weighted by molar-refractivity contribution is 8.13. The van der Waals surface area contributed by atoms with Crippen LogP contribution in [0.5, 0.6) is 0 Å². The zero-order chi connectivity index (χ0) is 13.5. The lowest BCUT2D eigenvalue weighted by Gasteiger charge is -2.19. The highest BCUT2D eigenvalue weighted by Gasteiger charge is 2.20. The fourth-order valence-corrected chi connectivity index (χ4v) is 3.00. The fraction of sp³-hybridized carbons (Fsp3) is 1.00. The fourth-order valence-electron chi connectivity index (χ4n) is 1.52. The van der Waals surface area contributed by atoms with Gasteiger partial charge in [-0.1, -0.05) is 27.7 Å². The number of halogens is 1. The topological polar surface area (TPSA) is 43.4 Å². The minimum atomic E-state index is -3.43. The van der Waals surface area contributed by atoms with Gasteiger partial charge in [0.15, 0.2) is 0 Å². The van der Waals surface area contributed by atoms with Crippen molar-refractivity contribution in [1.29, 1.82) is 0 Å². The average Bonchev–Trinajstić information content (AvgIpc) is 2.12. The summed E-state index contributed by atoms with van der Waals surface area (Å²) in [6, 6.07) is 0. The van der Waals surface area contributed by atoms with Crippen molar-refractivity contribution >= 4 is 19.7 Å². The lowest BCUT2D eigenvalue weighted by Crippen LogP contribution is -2.23. The van der Waals surface area contributed by atoms with E-state index in [1.807, 2.05) is 13.8 Å². The van der Waals surface area contributed by atoms with Gasteiger partial charge in [-0.15, -0.1) is 0 Å². The van der Waals surface area contributed by atoms with Gasteiger partial charge in [-0.2, -0.15) is 0 Å². The summed E-state index contributed by atoms with van der Waals surface area (Å²) in [7, 11) is 1.84. The lowest BCUT2D eigenvalue weighted by atomic mass is 9.99. The van der Waals surface area contributed by atoms with Gasteiger partial charge in [0.25, 0.3) is 0 Å². The lowest BCUT2D eigenvalue weighted by molar-refractivity contribution is 0.0866. The quantitative estimate of drug-likeness (QED) is 0.482. The molecule has 0 N–H and O–H groups in total. The van der Waals surface area contributed by atoms with Crippen LogP contribution in [-0.2, 0) is 13.8 Å². The standard InChI is InChI=1S/C12H25ClO3S/c1-10(2)6-5-7-16-8-12(11(3)4)9-17(13,14)15/h10-12H,5-9H2,1-4H3. The van der Waals surface area contributed by atoms with Gasteiger partial charge in [0, 0.05) is 17.3 Å². The molecule has 0 spiro atoms. The molecule has 3 nitrogen and oxygen atoms in total. The Labute approximate surface area is 110 Å². The summed E-state index contributed by atoms with van der Waals surface area (Å²) >= 11 is 0. The molecule has 0 radical (unpaired) electrons. The summed E-state index contributed by atoms with van der Waals surface area (Å²) in [4.78, 5) is 0. The van der Waals surface area contributed by atoms with Gasteiger partial charge in [0.2, 0.25) is 9.05 Å². The summed E-state index contributed by atoms with van der Waals surface area (Å²) in [6.07, 6.45) is 2.16. The van der Waals surface area contributed by atoms with Crippen molar-refractivity contribution < 1.29 is 13.2 Å². The van der Waals surface area contributed by atoms with Gasteiger partial charge in [-0.3, -0.25) is 0 Å². The molecule has 0 saturated heterocycles. The zero-order valence-corrected chi connectivity index (χ0v) is 12.9. The Balaban J connectivity index is 3.87. The van der Waals surface area contributed by atoms with E-state index in [1.54, 1.807) is 0 Å². The molecule has 1 unspecified atom stereocenters. The summed E-state index contributed by atoms with van der Waals surface area (Å²) in [5.41, 5.74) is 0. The Bertz CT molecular complexity index is 286. The molecule has 0 aromatic heterocycles. The van der Waals surface area contributed by atoms with Crippen LogP contribution in [0.2, 0.25) is 0 Å². The van der Waals surface area contributed by atoms with E-state index in [0.717, 1.165) is 12.8 Å². The molecule has 0 rings (SSSR count). The van der Waals surface area contributed by atoms with Gasteiger partial charge < -0.3 is 4.74 Å². The van der Waals surface area contributed by atoms with Gasteiger partial charge in [0.05, 0.1) is 12.4 Å². The third-order valence-electron chi connectivity index (χ3n) is 2.76. The predicted octanol–water partition coefficient (Wildman–Crippen LogP) is 3.28. The Kier molecular flexibility index (Phi) is 8.43. The maximum Gasteiger partial charge on any atom is 0.232 e. The molecule has 0 aliphatic heterocycles. The Hall–Kier alpha value is 0.200. The van der Waals surface area contributed by atoms with Crippen LogP contribution in [0, 0.1) is 17.8 Å². The van der Waals surface area contributed by atoms with Crippen molar-refractivity contribution in [3.05, 3.63) is 0 Å². The van der Waals surface area contributed by atoms with E-state index in [-0.39, 0.29) is 17.6 Å². The molecule has 0 saturated carbocycles. The number of ether oxygens (including phenoxy) is 1. The van der Waals surface area contributed by atoms with Gasteiger partial charge in [0.1, 0.15) is 0 Å². The maximum atomic E-state index is 11.0. The van der Waals surface area contributed by atoms with Crippen molar-refractivity contribution in [3.63, 3.8) is 0 Å². The second kappa shape index (κ2) is 8.33. The largest absolute Gasteiger partial charge is 0.381 e. The van der Waals surface area contributed by atoms with Crippen LogP contribution in [-0.4, -0.2) is 27.4 Å². The van der Waals surface area contributed by atoms with E-state index < -0.39 is 9.05 Å². The molecule has 0 aromatic carbocycles. The molecule has 5 heteroatoms. The molecule has 0 heterocycles. The predicted molar refractivity (Wildman–Crippen MR) is 72.9 cm³/mol. The Morgan fingerprint density at radius 1 is 1.18 bits per heavy atom. The monoisotopic (exact) mass is 284 g/mol. The number of rotatable bonds is 9. The van der Waals surface area contributed by atoms with Crippen molar-refractivity contribution in [2.75, 3.05) is 19.0 Å². The van der Waals surface area contributed by atoms with Crippen LogP contribution in [0.1, 0.15) is 40.5 Å². The van der Waals surface area contributed by atoms with Crippen molar-refractivity contribution in [3.8, 4) is 0 Å². The maximum absolute atomic E-state index is 11.0. The van der Waals surface area contributed by atoms with Crippen LogP contribution < -0.4 is 0 Å². The third kappa shape index (κ3) is 11.0. The number of hydrogen-bond donors (Lipinski definition) is 0. The van der Waals surface area contributed by atoms with E-state index >= 15 is 0 Å². The number of hydrogen-bond acceptors (Lipinski definition) is 3. The highest BCUT2D eigenvalue weighted by atomic mass is 35.7. The second-order valence-electron chi connectivity index (χ2n) is 5.32. The Morgan fingerprint density at radius 2 is 1.76 bits per heavy atom. The van der Waals surface area contributed by atoms with Crippen LogP contribution >= 0.6 is 10.7 Å². The summed E-state index contributed by atoms with van der Waals surface area (Å²) < 4.78 is 27.6. The van der Waals surface area contributed by atoms with E-state index in [1.165, 1.54) is 0 Å². The minimum Gasteiger partial charge on any atom is -0.381 e. The van der Waals surface area contributed by atoms with Crippen molar-refractivity contribution in [2.24, 2.45) is 17.8 Å². The van der Waals surface area contributed by atoms with Gasteiger partial charge in [-0.05, 0) is 30.6 Å². The molecule has 0 fully saturated rings. The average molecular weight is 285 g/mol. The van der Waals surface area contributed by atoms with Gasteiger partial charge >= 0.3 is 0 Å². The molecule has 104 valence electrons. The van der Waals surface area contributed by atoms with E-state index in [2.05, 4.69) is 13.8 Å². The van der Waals surface area contributed by atoms with E-state index in [9.17, 15) is 8.42 Å². The third-order valence-corrected chi connectivity index (χ3v) is 3.96. The molecular weight excluding hydrogens is 260 g/mol. The van der Waals surface area contributed by atoms with Crippen molar-refractivity contribution in [2.45, 2.75) is 40.5 Å². The molecule has 0 aliphatic rings. The molecule has 1 atom stereocenters. The Morgan fingerprint density at radius 3 is 2.18 bits per heavy atom. The van der Waals surface area contributed by atoms with Crippen molar-refractivity contribution in [1.82, 2.24) is 0 Å². The summed E-state index contributed by atoms with van der Waals surface area (Å²) in [5.74, 6) is 0.920. The minimum absolute atomic E-state index is 0.00357. The molecular formula is C12H25ClO3S. The molecule has 0 aromatic rings. The smallest absolute Gasteiger partial charge is 0.232 e. The highest BCUT2D eigenvalue weighted by Crippen LogP contribution is 2.16.